The summed E-state index contributed by atoms with van der Waals surface area (Å²) in [7, 11) is 1.84. The Balaban J connectivity index is 1.70. The molecule has 3 fully saturated rings. The zero-order chi connectivity index (χ0) is 17.0. The summed E-state index contributed by atoms with van der Waals surface area (Å²) in [5.41, 5.74) is 1.85. The van der Waals surface area contributed by atoms with Crippen LogP contribution in [0, 0.1) is 22.7 Å². The molecular weight excluding hydrogens is 300 g/mol. The molecule has 0 amide bonds. The van der Waals surface area contributed by atoms with Crippen LogP contribution in [-0.2, 0) is 15.9 Å². The van der Waals surface area contributed by atoms with Crippen molar-refractivity contribution in [3.63, 3.8) is 0 Å². The van der Waals surface area contributed by atoms with Gasteiger partial charge in [-0.05, 0) is 74.3 Å². The normalized spacial score (nSPS) is 43.6. The lowest BCUT2D eigenvalue weighted by atomic mass is 9.45. The van der Waals surface area contributed by atoms with E-state index in [1.54, 1.807) is 6.26 Å². The lowest BCUT2D eigenvalue weighted by Gasteiger charge is -2.58. The van der Waals surface area contributed by atoms with E-state index in [0.717, 1.165) is 6.42 Å². The fraction of sp³-hybridized carbons (Fsp3) is 0.810. The largest absolute Gasteiger partial charge is 0.472 e. The Hall–Kier alpha value is -0.800. The predicted molar refractivity (Wildman–Crippen MR) is 93.6 cm³/mol. The maximum Gasteiger partial charge on any atom is 0.164 e. The van der Waals surface area contributed by atoms with Crippen molar-refractivity contribution in [1.82, 2.24) is 0 Å². The smallest absolute Gasteiger partial charge is 0.164 e. The van der Waals surface area contributed by atoms with Crippen LogP contribution < -0.4 is 0 Å². The van der Waals surface area contributed by atoms with Gasteiger partial charge >= 0.3 is 0 Å². The highest BCUT2D eigenvalue weighted by Crippen LogP contribution is 2.69. The molecule has 4 rings (SSSR count). The lowest BCUT2D eigenvalue weighted by Crippen LogP contribution is -2.56. The molecule has 3 nitrogen and oxygen atoms in total. The van der Waals surface area contributed by atoms with Crippen molar-refractivity contribution in [3.8, 4) is 0 Å². The van der Waals surface area contributed by atoms with E-state index in [0.29, 0.717) is 17.3 Å². The van der Waals surface area contributed by atoms with Crippen LogP contribution in [0.1, 0.15) is 64.9 Å². The van der Waals surface area contributed by atoms with Gasteiger partial charge in [-0.3, -0.25) is 0 Å². The second kappa shape index (κ2) is 5.60. The third-order valence-corrected chi connectivity index (χ3v) is 7.67. The molecule has 1 spiro atoms. The van der Waals surface area contributed by atoms with E-state index in [1.165, 1.54) is 44.1 Å². The first kappa shape index (κ1) is 16.7. The predicted octanol–water partition coefficient (Wildman–Crippen LogP) is 5.20. The lowest BCUT2D eigenvalue weighted by molar-refractivity contribution is -0.194. The average molecular weight is 332 g/mol. The number of methoxy groups -OCH3 is 1. The molecule has 3 heteroatoms. The molecule has 2 saturated carbocycles. The van der Waals surface area contributed by atoms with E-state index in [4.69, 9.17) is 13.9 Å². The van der Waals surface area contributed by atoms with Crippen molar-refractivity contribution in [1.29, 1.82) is 0 Å². The van der Waals surface area contributed by atoms with Crippen molar-refractivity contribution in [2.75, 3.05) is 7.11 Å². The Bertz CT molecular complexity index is 578. The van der Waals surface area contributed by atoms with Gasteiger partial charge in [0.05, 0.1) is 18.1 Å². The quantitative estimate of drug-likeness (QED) is 0.760. The van der Waals surface area contributed by atoms with Crippen LogP contribution >= 0.6 is 0 Å². The highest BCUT2D eigenvalue weighted by Gasteiger charge is 2.69. The van der Waals surface area contributed by atoms with Crippen molar-refractivity contribution < 1.29 is 13.9 Å². The molecule has 3 aliphatic rings. The summed E-state index contributed by atoms with van der Waals surface area (Å²) >= 11 is 0. The molecule has 2 bridgehead atoms. The summed E-state index contributed by atoms with van der Waals surface area (Å²) in [5, 5.41) is 0. The summed E-state index contributed by atoms with van der Waals surface area (Å²) in [6.07, 6.45) is 12.2. The summed E-state index contributed by atoms with van der Waals surface area (Å²) in [6.45, 7) is 7.28. The molecule has 0 N–H and O–H groups in total. The van der Waals surface area contributed by atoms with Gasteiger partial charge < -0.3 is 13.9 Å². The van der Waals surface area contributed by atoms with Crippen molar-refractivity contribution in [3.05, 3.63) is 24.2 Å². The minimum absolute atomic E-state index is 0.0334. The number of rotatable bonds is 4. The van der Waals surface area contributed by atoms with Crippen LogP contribution in [0.15, 0.2) is 23.0 Å². The van der Waals surface area contributed by atoms with E-state index >= 15 is 0 Å². The molecular formula is C21H32O3. The molecule has 2 aliphatic carbocycles. The number of fused-ring (bicyclic) bond motifs is 1. The fourth-order valence-corrected chi connectivity index (χ4v) is 6.71. The minimum Gasteiger partial charge on any atom is -0.472 e. The summed E-state index contributed by atoms with van der Waals surface area (Å²) in [4.78, 5) is 0. The topological polar surface area (TPSA) is 31.6 Å². The molecule has 1 aromatic rings. The Kier molecular flexibility index (Phi) is 3.89. The second-order valence-corrected chi connectivity index (χ2v) is 9.27. The second-order valence-electron chi connectivity index (χ2n) is 9.27. The van der Waals surface area contributed by atoms with Crippen LogP contribution in [0.4, 0.5) is 0 Å². The van der Waals surface area contributed by atoms with E-state index < -0.39 is 0 Å². The van der Waals surface area contributed by atoms with Gasteiger partial charge in [-0.15, -0.1) is 0 Å². The van der Waals surface area contributed by atoms with Gasteiger partial charge in [-0.2, -0.15) is 0 Å². The monoisotopic (exact) mass is 332 g/mol. The molecule has 0 unspecified atom stereocenters. The van der Waals surface area contributed by atoms with Gasteiger partial charge in [0, 0.05) is 12.5 Å². The van der Waals surface area contributed by atoms with Crippen molar-refractivity contribution >= 4 is 0 Å². The fourth-order valence-electron chi connectivity index (χ4n) is 6.71. The van der Waals surface area contributed by atoms with E-state index in [9.17, 15) is 0 Å². The molecule has 2 heterocycles. The first-order chi connectivity index (χ1) is 11.4. The Morgan fingerprint density at radius 1 is 1.21 bits per heavy atom. The van der Waals surface area contributed by atoms with Gasteiger partial charge in [0.15, 0.2) is 6.29 Å². The maximum atomic E-state index is 6.61. The van der Waals surface area contributed by atoms with Gasteiger partial charge in [-0.1, -0.05) is 20.3 Å². The third-order valence-electron chi connectivity index (χ3n) is 7.67. The van der Waals surface area contributed by atoms with Crippen molar-refractivity contribution in [2.24, 2.45) is 22.7 Å². The minimum atomic E-state index is -0.0380. The van der Waals surface area contributed by atoms with Gasteiger partial charge in [0.25, 0.3) is 0 Å². The molecule has 1 aliphatic heterocycles. The maximum absolute atomic E-state index is 6.61. The summed E-state index contributed by atoms with van der Waals surface area (Å²) in [6, 6.07) is 2.10. The zero-order valence-corrected chi connectivity index (χ0v) is 15.6. The molecule has 0 aromatic carbocycles. The van der Waals surface area contributed by atoms with E-state index in [2.05, 4.69) is 26.8 Å². The Morgan fingerprint density at radius 2 is 2.04 bits per heavy atom. The van der Waals surface area contributed by atoms with Crippen LogP contribution in [0.3, 0.4) is 0 Å². The van der Waals surface area contributed by atoms with E-state index in [1.807, 2.05) is 13.4 Å². The van der Waals surface area contributed by atoms with Crippen molar-refractivity contribution in [2.45, 2.75) is 77.6 Å². The molecule has 1 saturated heterocycles. The molecule has 5 atom stereocenters. The highest BCUT2D eigenvalue weighted by atomic mass is 16.7. The number of ether oxygens (including phenoxy) is 2. The van der Waals surface area contributed by atoms with Crippen LogP contribution in [-0.4, -0.2) is 19.0 Å². The SMILES string of the molecule is CO[C@H]1O[C@@]2(C)CC[C@H]3C(C)(C)CCC[C@@]13[C@H]2CCc1ccoc1. The standard InChI is InChI=1S/C21H32O3/c1-19(2)10-5-11-21-16(19)8-12-20(3,24-18(21)22-4)17(21)7-6-15-9-13-23-14-15/h9,13-14,16-18H,5-8,10-12H2,1-4H3/t16-,17-,18-,20-,21+/m0/s1. The van der Waals surface area contributed by atoms with Gasteiger partial charge in [-0.25, -0.2) is 0 Å². The third kappa shape index (κ3) is 2.24. The Labute approximate surface area is 146 Å². The molecule has 0 radical (unpaired) electrons. The Morgan fingerprint density at radius 3 is 2.75 bits per heavy atom. The number of aryl methyl sites for hydroxylation is 1. The molecule has 1 aromatic heterocycles. The first-order valence-electron chi connectivity index (χ1n) is 9.64. The van der Waals surface area contributed by atoms with Crippen LogP contribution in [0.25, 0.3) is 0 Å². The number of furan rings is 1. The van der Waals surface area contributed by atoms with Crippen LogP contribution in [0.5, 0.6) is 0 Å². The highest BCUT2D eigenvalue weighted by molar-refractivity contribution is 5.16. The summed E-state index contributed by atoms with van der Waals surface area (Å²) < 4.78 is 17.9. The van der Waals surface area contributed by atoms with Gasteiger partial charge in [0.1, 0.15) is 0 Å². The first-order valence-corrected chi connectivity index (χ1v) is 9.64. The summed E-state index contributed by atoms with van der Waals surface area (Å²) in [5.74, 6) is 1.27. The average Bonchev–Trinajstić information content (AvgIpc) is 3.08. The zero-order valence-electron chi connectivity index (χ0n) is 15.6. The van der Waals surface area contributed by atoms with Crippen LogP contribution in [0.2, 0.25) is 0 Å². The van der Waals surface area contributed by atoms with E-state index in [-0.39, 0.29) is 17.3 Å². The van der Waals surface area contributed by atoms with Gasteiger partial charge in [0.2, 0.25) is 0 Å². The number of hydrogen-bond acceptors (Lipinski definition) is 3. The molecule has 24 heavy (non-hydrogen) atoms. The molecule has 134 valence electrons. The number of hydrogen-bond donors (Lipinski definition) is 0.